The van der Waals surface area contributed by atoms with Crippen molar-refractivity contribution in [2.45, 2.75) is 18.9 Å². The van der Waals surface area contributed by atoms with Crippen molar-refractivity contribution in [2.24, 2.45) is 11.5 Å². The van der Waals surface area contributed by atoms with E-state index in [1.165, 1.54) is 5.56 Å². The van der Waals surface area contributed by atoms with E-state index in [2.05, 4.69) is 140 Å². The monoisotopic (exact) mass is 700 g/mol. The van der Waals surface area contributed by atoms with Gasteiger partial charge in [0.1, 0.15) is 11.3 Å². The average molecular weight is 701 g/mol. The van der Waals surface area contributed by atoms with Crippen LogP contribution < -0.4 is 11.5 Å². The quantitative estimate of drug-likeness (QED) is 0.125. The van der Waals surface area contributed by atoms with Crippen LogP contribution in [0.4, 0.5) is 0 Å². The summed E-state index contributed by atoms with van der Waals surface area (Å²) in [7, 11) is 0. The van der Waals surface area contributed by atoms with Crippen LogP contribution in [-0.2, 0) is 12.0 Å². The van der Waals surface area contributed by atoms with Gasteiger partial charge in [-0.25, -0.2) is 0 Å². The molecule has 0 fully saturated rings. The largest absolute Gasteiger partial charge is 0.456 e. The van der Waals surface area contributed by atoms with Crippen LogP contribution in [0.15, 0.2) is 217 Å². The first-order chi connectivity index (χ1) is 26.5. The number of furan rings is 1. The molecular formula is C51H44N2O. The zero-order valence-corrected chi connectivity index (χ0v) is 30.5. The van der Waals surface area contributed by atoms with E-state index in [9.17, 15) is 0 Å². The molecule has 6 aromatic carbocycles. The molecule has 0 bridgehead atoms. The lowest BCUT2D eigenvalue weighted by atomic mass is 9.78. The lowest BCUT2D eigenvalue weighted by Gasteiger charge is -2.32. The van der Waals surface area contributed by atoms with Gasteiger partial charge in [-0.2, -0.15) is 0 Å². The Kier molecular flexibility index (Phi) is 11.1. The van der Waals surface area contributed by atoms with Gasteiger partial charge in [-0.1, -0.05) is 188 Å². The van der Waals surface area contributed by atoms with Crippen LogP contribution in [0.3, 0.4) is 0 Å². The van der Waals surface area contributed by atoms with Gasteiger partial charge in [-0.05, 0) is 82.1 Å². The first-order valence-corrected chi connectivity index (χ1v) is 18.3. The minimum Gasteiger partial charge on any atom is -0.456 e. The topological polar surface area (TPSA) is 65.2 Å². The summed E-state index contributed by atoms with van der Waals surface area (Å²) >= 11 is 0. The van der Waals surface area contributed by atoms with E-state index in [1.54, 1.807) is 0 Å². The number of fused-ring (bicyclic) bond motifs is 1. The lowest BCUT2D eigenvalue weighted by molar-refractivity contribution is 0.535. The molecule has 0 aliphatic rings. The summed E-state index contributed by atoms with van der Waals surface area (Å²) in [5.41, 5.74) is 24.4. The summed E-state index contributed by atoms with van der Waals surface area (Å²) in [6, 6.07) is 58.2. The molecule has 1 heterocycles. The fourth-order valence-electron chi connectivity index (χ4n) is 6.87. The molecule has 0 aliphatic carbocycles. The number of rotatable bonds is 12. The second kappa shape index (κ2) is 16.8. The molecule has 0 aliphatic heterocycles. The van der Waals surface area contributed by atoms with Crippen molar-refractivity contribution < 1.29 is 4.42 Å². The van der Waals surface area contributed by atoms with Crippen molar-refractivity contribution in [1.82, 2.24) is 0 Å². The lowest BCUT2D eigenvalue weighted by Crippen LogP contribution is -2.40. The summed E-state index contributed by atoms with van der Waals surface area (Å²) in [6.45, 7) is 2.01. The molecule has 1 atom stereocenters. The van der Waals surface area contributed by atoms with E-state index in [-0.39, 0.29) is 0 Å². The van der Waals surface area contributed by atoms with Crippen LogP contribution in [0.5, 0.6) is 0 Å². The van der Waals surface area contributed by atoms with Crippen molar-refractivity contribution in [1.29, 1.82) is 0 Å². The molecule has 0 spiro atoms. The summed E-state index contributed by atoms with van der Waals surface area (Å²) < 4.78 is 6.26. The summed E-state index contributed by atoms with van der Waals surface area (Å²) in [6.07, 6.45) is 15.1. The first kappa shape index (κ1) is 35.7. The normalized spacial score (nSPS) is 13.9. The number of allylic oxidation sites excluding steroid dienone is 9. The molecule has 0 amide bonds. The van der Waals surface area contributed by atoms with Crippen molar-refractivity contribution >= 4 is 27.8 Å². The summed E-state index contributed by atoms with van der Waals surface area (Å²) in [4.78, 5) is 0. The molecule has 7 aromatic rings. The fraction of sp³-hybridized carbons (Fsp3) is 0.0588. The van der Waals surface area contributed by atoms with Crippen LogP contribution in [0.1, 0.15) is 40.5 Å². The van der Waals surface area contributed by atoms with Crippen molar-refractivity contribution in [3.8, 4) is 11.1 Å². The molecule has 4 N–H and O–H groups in total. The van der Waals surface area contributed by atoms with Gasteiger partial charge in [0.2, 0.25) is 0 Å². The first-order valence-electron chi connectivity index (χ1n) is 18.3. The SMILES string of the molecule is C/C=C/C=C(\C=C/C=C(\C=C(/N)c1ccccc1)c1ccccc1-c1cccc(C(N)(Cc2ccccc2)c2ccccc2)c1)c1cc2ccccc2o1. The molecule has 0 saturated carbocycles. The molecule has 54 heavy (non-hydrogen) atoms. The Morgan fingerprint density at radius 1 is 0.630 bits per heavy atom. The van der Waals surface area contributed by atoms with Crippen LogP contribution in [0, 0.1) is 0 Å². The molecule has 7 rings (SSSR count). The third-order valence-electron chi connectivity index (χ3n) is 9.69. The van der Waals surface area contributed by atoms with Gasteiger partial charge in [0.05, 0.1) is 5.54 Å². The Labute approximate surface area is 318 Å². The Bertz CT molecular complexity index is 2450. The molecule has 0 radical (unpaired) electrons. The Hall–Kier alpha value is -6.68. The molecule has 0 saturated heterocycles. The van der Waals surface area contributed by atoms with Crippen LogP contribution >= 0.6 is 0 Å². The van der Waals surface area contributed by atoms with Gasteiger partial charge >= 0.3 is 0 Å². The smallest absolute Gasteiger partial charge is 0.135 e. The minimum absolute atomic E-state index is 0.656. The van der Waals surface area contributed by atoms with Gasteiger partial charge in [0, 0.05) is 16.7 Å². The second-order valence-electron chi connectivity index (χ2n) is 13.4. The van der Waals surface area contributed by atoms with Gasteiger partial charge in [-0.15, -0.1) is 0 Å². The minimum atomic E-state index is -0.751. The summed E-state index contributed by atoms with van der Waals surface area (Å²) in [5.74, 6) is 0.802. The highest BCUT2D eigenvalue weighted by Gasteiger charge is 2.30. The maximum atomic E-state index is 7.48. The van der Waals surface area contributed by atoms with Crippen molar-refractivity contribution in [2.75, 3.05) is 0 Å². The zero-order valence-electron chi connectivity index (χ0n) is 30.5. The highest BCUT2D eigenvalue weighted by Crippen LogP contribution is 2.36. The van der Waals surface area contributed by atoms with Crippen LogP contribution in [-0.4, -0.2) is 0 Å². The number of nitrogens with two attached hydrogens (primary N) is 2. The van der Waals surface area contributed by atoms with Crippen LogP contribution in [0.25, 0.3) is 38.9 Å². The van der Waals surface area contributed by atoms with Gasteiger partial charge in [0.15, 0.2) is 0 Å². The van der Waals surface area contributed by atoms with E-state index in [1.807, 2.05) is 79.7 Å². The van der Waals surface area contributed by atoms with E-state index in [4.69, 9.17) is 15.9 Å². The van der Waals surface area contributed by atoms with Crippen molar-refractivity contribution in [3.63, 3.8) is 0 Å². The van der Waals surface area contributed by atoms with E-state index in [0.717, 1.165) is 61.3 Å². The highest BCUT2D eigenvalue weighted by atomic mass is 16.3. The maximum Gasteiger partial charge on any atom is 0.135 e. The number of para-hydroxylation sites is 1. The van der Waals surface area contributed by atoms with Gasteiger partial charge in [0.25, 0.3) is 0 Å². The standard InChI is InChI=1S/C51H44N2O/c1-2-3-21-40(50-36-43-24-13-16-33-49(43)54-50)25-17-26-42(35-48(52)39-22-9-5-10-23-39)47-32-15-14-31-46(47)41-27-18-30-45(34-41)51(53,44-28-11-6-12-29-44)37-38-19-7-4-8-20-38/h2-36H,37,52-53H2,1H3/b3-2+,25-17-,40-21+,42-26+,48-35-. The zero-order chi connectivity index (χ0) is 37.2. The number of hydrogen-bond donors (Lipinski definition) is 2. The van der Waals surface area contributed by atoms with E-state index >= 15 is 0 Å². The average Bonchev–Trinajstić information content (AvgIpc) is 3.67. The second-order valence-corrected chi connectivity index (χ2v) is 13.4. The van der Waals surface area contributed by atoms with E-state index in [0.29, 0.717) is 12.1 Å². The number of benzene rings is 6. The Balaban J connectivity index is 1.33. The van der Waals surface area contributed by atoms with Crippen LogP contribution in [0.2, 0.25) is 0 Å². The predicted molar refractivity (Wildman–Crippen MR) is 228 cm³/mol. The third kappa shape index (κ3) is 8.18. The Morgan fingerprint density at radius 3 is 2.04 bits per heavy atom. The Morgan fingerprint density at radius 2 is 1.28 bits per heavy atom. The summed E-state index contributed by atoms with van der Waals surface area (Å²) in [5, 5.41) is 1.07. The highest BCUT2D eigenvalue weighted by molar-refractivity contribution is 5.91. The molecule has 1 aromatic heterocycles. The molecule has 3 heteroatoms. The molecule has 264 valence electrons. The van der Waals surface area contributed by atoms with Gasteiger partial charge < -0.3 is 15.9 Å². The third-order valence-corrected chi connectivity index (χ3v) is 9.69. The van der Waals surface area contributed by atoms with Gasteiger partial charge in [-0.3, -0.25) is 0 Å². The number of hydrogen-bond acceptors (Lipinski definition) is 3. The molecule has 1 unspecified atom stereocenters. The van der Waals surface area contributed by atoms with Crippen molar-refractivity contribution in [3.05, 3.63) is 246 Å². The predicted octanol–water partition coefficient (Wildman–Crippen LogP) is 12.1. The fourth-order valence-corrected chi connectivity index (χ4v) is 6.87. The van der Waals surface area contributed by atoms with E-state index < -0.39 is 5.54 Å². The molecule has 3 nitrogen and oxygen atoms in total. The maximum absolute atomic E-state index is 7.48. The molecular weight excluding hydrogens is 657 g/mol.